The highest BCUT2D eigenvalue weighted by Gasteiger charge is 2.15. The molecule has 0 saturated heterocycles. The summed E-state index contributed by atoms with van der Waals surface area (Å²) >= 11 is 7.48. The lowest BCUT2D eigenvalue weighted by molar-refractivity contribution is 0.0940. The molecule has 25 heavy (non-hydrogen) atoms. The second kappa shape index (κ2) is 7.74. The zero-order chi connectivity index (χ0) is 17.8. The molecule has 2 aromatic heterocycles. The summed E-state index contributed by atoms with van der Waals surface area (Å²) in [5.74, 6) is 0.163. The minimum Gasteiger partial charge on any atom is -0.395 e. The van der Waals surface area contributed by atoms with Gasteiger partial charge in [-0.25, -0.2) is 9.97 Å². The van der Waals surface area contributed by atoms with Gasteiger partial charge in [0, 0.05) is 17.1 Å². The van der Waals surface area contributed by atoms with Crippen LogP contribution in [0.3, 0.4) is 0 Å². The number of aromatic nitrogens is 2. The first-order chi connectivity index (χ1) is 12.1. The van der Waals surface area contributed by atoms with Gasteiger partial charge in [0.25, 0.3) is 5.91 Å². The molecular weight excluding hydrogens is 358 g/mol. The SMILES string of the molecule is Cc1ccsc1-c1nc(C(=O)NCCO)cc(-c2ccc(Cl)cc2)n1. The predicted molar refractivity (Wildman–Crippen MR) is 99.9 cm³/mol. The average Bonchev–Trinajstić information content (AvgIpc) is 3.06. The summed E-state index contributed by atoms with van der Waals surface area (Å²) < 4.78 is 0. The Hall–Kier alpha value is -2.28. The molecule has 0 aliphatic heterocycles. The number of nitrogens with one attached hydrogen (secondary N) is 1. The molecule has 7 heteroatoms. The van der Waals surface area contributed by atoms with Gasteiger partial charge < -0.3 is 10.4 Å². The number of hydrogen-bond acceptors (Lipinski definition) is 5. The quantitative estimate of drug-likeness (QED) is 0.717. The van der Waals surface area contributed by atoms with E-state index < -0.39 is 0 Å². The predicted octanol–water partition coefficient (Wildman–Crippen LogP) is 3.56. The molecule has 1 aromatic carbocycles. The maximum Gasteiger partial charge on any atom is 0.270 e. The summed E-state index contributed by atoms with van der Waals surface area (Å²) in [7, 11) is 0. The summed E-state index contributed by atoms with van der Waals surface area (Å²) in [6.07, 6.45) is 0. The summed E-state index contributed by atoms with van der Waals surface area (Å²) in [4.78, 5) is 22.3. The number of carbonyl (C=O) groups is 1. The van der Waals surface area contributed by atoms with Crippen molar-refractivity contribution < 1.29 is 9.90 Å². The van der Waals surface area contributed by atoms with Crippen molar-refractivity contribution in [1.82, 2.24) is 15.3 Å². The Balaban J connectivity index is 2.09. The normalized spacial score (nSPS) is 10.7. The second-order valence-corrected chi connectivity index (χ2v) is 6.73. The van der Waals surface area contributed by atoms with Gasteiger partial charge in [0.15, 0.2) is 5.82 Å². The van der Waals surface area contributed by atoms with Crippen LogP contribution in [0.2, 0.25) is 5.02 Å². The van der Waals surface area contributed by atoms with E-state index in [4.69, 9.17) is 16.7 Å². The van der Waals surface area contributed by atoms with Crippen LogP contribution in [0.15, 0.2) is 41.8 Å². The van der Waals surface area contributed by atoms with Gasteiger partial charge >= 0.3 is 0 Å². The molecule has 0 fully saturated rings. The minimum absolute atomic E-state index is 0.127. The summed E-state index contributed by atoms with van der Waals surface area (Å²) in [6.45, 7) is 2.03. The first-order valence-corrected chi connectivity index (χ1v) is 8.93. The van der Waals surface area contributed by atoms with Gasteiger partial charge in [-0.15, -0.1) is 11.3 Å². The van der Waals surface area contributed by atoms with Crippen LogP contribution in [0.25, 0.3) is 22.0 Å². The summed E-state index contributed by atoms with van der Waals surface area (Å²) in [5.41, 5.74) is 2.80. The number of thiophene rings is 1. The third-order valence-corrected chi connectivity index (χ3v) is 4.83. The fraction of sp³-hybridized carbons (Fsp3) is 0.167. The topological polar surface area (TPSA) is 75.1 Å². The molecule has 3 aromatic rings. The van der Waals surface area contributed by atoms with E-state index in [1.165, 1.54) is 11.3 Å². The molecule has 128 valence electrons. The van der Waals surface area contributed by atoms with E-state index in [0.717, 1.165) is 16.0 Å². The van der Waals surface area contributed by atoms with Gasteiger partial charge in [0.05, 0.1) is 17.2 Å². The highest BCUT2D eigenvalue weighted by molar-refractivity contribution is 7.13. The molecule has 0 aliphatic rings. The number of aryl methyl sites for hydroxylation is 1. The standard InChI is InChI=1S/C18H16ClN3O2S/c1-11-6-9-25-16(11)17-21-14(12-2-4-13(19)5-3-12)10-15(22-17)18(24)20-7-8-23/h2-6,9-10,23H,7-8H2,1H3,(H,20,24). The van der Waals surface area contributed by atoms with Crippen molar-refractivity contribution in [2.24, 2.45) is 0 Å². The number of aliphatic hydroxyl groups excluding tert-OH is 1. The Kier molecular flexibility index (Phi) is 5.43. The molecule has 0 bridgehead atoms. The van der Waals surface area contributed by atoms with Gasteiger partial charge in [-0.05, 0) is 42.1 Å². The molecule has 0 radical (unpaired) electrons. The highest BCUT2D eigenvalue weighted by Crippen LogP contribution is 2.29. The van der Waals surface area contributed by atoms with Crippen molar-refractivity contribution in [2.45, 2.75) is 6.92 Å². The number of hydrogen-bond donors (Lipinski definition) is 2. The van der Waals surface area contributed by atoms with E-state index in [9.17, 15) is 4.79 Å². The molecule has 2 heterocycles. The monoisotopic (exact) mass is 373 g/mol. The van der Waals surface area contributed by atoms with E-state index >= 15 is 0 Å². The molecule has 0 atom stereocenters. The molecule has 1 amide bonds. The molecule has 0 saturated carbocycles. The van der Waals surface area contributed by atoms with Crippen LogP contribution >= 0.6 is 22.9 Å². The largest absolute Gasteiger partial charge is 0.395 e. The number of aliphatic hydroxyl groups is 1. The Bertz CT molecular complexity index is 894. The van der Waals surface area contributed by atoms with Crippen LogP contribution in [-0.4, -0.2) is 34.1 Å². The van der Waals surface area contributed by atoms with Crippen LogP contribution in [0.1, 0.15) is 16.1 Å². The van der Waals surface area contributed by atoms with Gasteiger partial charge in [-0.1, -0.05) is 23.7 Å². The van der Waals surface area contributed by atoms with Gasteiger partial charge in [-0.2, -0.15) is 0 Å². The van der Waals surface area contributed by atoms with E-state index in [2.05, 4.69) is 15.3 Å². The summed E-state index contributed by atoms with van der Waals surface area (Å²) in [6, 6.07) is 10.9. The number of nitrogens with zero attached hydrogens (tertiary/aromatic N) is 2. The number of benzene rings is 1. The van der Waals surface area contributed by atoms with Crippen molar-refractivity contribution >= 4 is 28.8 Å². The smallest absolute Gasteiger partial charge is 0.270 e. The lowest BCUT2D eigenvalue weighted by atomic mass is 10.1. The Morgan fingerprint density at radius 3 is 2.64 bits per heavy atom. The maximum atomic E-state index is 12.3. The van der Waals surface area contributed by atoms with Crippen LogP contribution in [0.4, 0.5) is 0 Å². The van der Waals surface area contributed by atoms with E-state index in [1.807, 2.05) is 30.5 Å². The maximum absolute atomic E-state index is 12.3. The highest BCUT2D eigenvalue weighted by atomic mass is 35.5. The molecule has 3 rings (SSSR count). The molecule has 0 spiro atoms. The summed E-state index contributed by atoms with van der Waals surface area (Å²) in [5, 5.41) is 14.1. The third kappa shape index (κ3) is 4.04. The van der Waals surface area contributed by atoms with E-state index in [0.29, 0.717) is 16.5 Å². The molecule has 2 N–H and O–H groups in total. The van der Waals surface area contributed by atoms with Crippen LogP contribution in [0, 0.1) is 6.92 Å². The van der Waals surface area contributed by atoms with Gasteiger partial charge in [0.2, 0.25) is 0 Å². The van der Waals surface area contributed by atoms with E-state index in [1.54, 1.807) is 18.2 Å². The van der Waals surface area contributed by atoms with Crippen molar-refractivity contribution in [3.63, 3.8) is 0 Å². The first-order valence-electron chi connectivity index (χ1n) is 7.67. The number of amides is 1. The Morgan fingerprint density at radius 1 is 1.24 bits per heavy atom. The van der Waals surface area contributed by atoms with Crippen LogP contribution < -0.4 is 5.32 Å². The zero-order valence-electron chi connectivity index (χ0n) is 13.5. The number of rotatable bonds is 5. The molecule has 5 nitrogen and oxygen atoms in total. The van der Waals surface area contributed by atoms with Gasteiger partial charge in [-0.3, -0.25) is 4.79 Å². The van der Waals surface area contributed by atoms with Crippen LogP contribution in [0.5, 0.6) is 0 Å². The van der Waals surface area contributed by atoms with Crippen LogP contribution in [-0.2, 0) is 0 Å². The lowest BCUT2D eigenvalue weighted by Gasteiger charge is -2.09. The van der Waals surface area contributed by atoms with Crippen molar-refractivity contribution in [1.29, 1.82) is 0 Å². The fourth-order valence-electron chi connectivity index (χ4n) is 2.30. The van der Waals surface area contributed by atoms with Crippen molar-refractivity contribution in [3.05, 3.63) is 58.1 Å². The van der Waals surface area contributed by atoms with Crippen molar-refractivity contribution in [2.75, 3.05) is 13.2 Å². The second-order valence-electron chi connectivity index (χ2n) is 5.38. The number of halogens is 1. The Labute approximate surface area is 154 Å². The molecular formula is C18H16ClN3O2S. The number of carbonyl (C=O) groups excluding carboxylic acids is 1. The van der Waals surface area contributed by atoms with E-state index in [-0.39, 0.29) is 24.8 Å². The fourth-order valence-corrected chi connectivity index (χ4v) is 3.28. The first kappa shape index (κ1) is 17.5. The van der Waals surface area contributed by atoms with Gasteiger partial charge in [0.1, 0.15) is 5.69 Å². The third-order valence-electron chi connectivity index (χ3n) is 3.56. The Morgan fingerprint density at radius 2 is 2.00 bits per heavy atom. The average molecular weight is 374 g/mol. The minimum atomic E-state index is -0.345. The van der Waals surface area contributed by atoms with Crippen molar-refractivity contribution in [3.8, 4) is 22.0 Å². The molecule has 0 aliphatic carbocycles. The lowest BCUT2D eigenvalue weighted by Crippen LogP contribution is -2.27. The molecule has 0 unspecified atom stereocenters. The zero-order valence-corrected chi connectivity index (χ0v) is 15.1.